The van der Waals surface area contributed by atoms with Crippen LogP contribution >= 0.6 is 11.6 Å². The van der Waals surface area contributed by atoms with E-state index in [-0.39, 0.29) is 5.56 Å². The van der Waals surface area contributed by atoms with E-state index in [9.17, 15) is 9.18 Å². The number of halogens is 2. The van der Waals surface area contributed by atoms with Crippen LogP contribution in [0.1, 0.15) is 15.9 Å². The molecule has 3 aromatic rings. The Hall–Kier alpha value is -3.15. The third-order valence-corrected chi connectivity index (χ3v) is 5.18. The van der Waals surface area contributed by atoms with Crippen LogP contribution in [0.5, 0.6) is 11.5 Å². The van der Waals surface area contributed by atoms with Gasteiger partial charge < -0.3 is 14.4 Å². The first-order valence-electron chi connectivity index (χ1n) is 10.1. The van der Waals surface area contributed by atoms with Crippen LogP contribution in [0.15, 0.2) is 66.7 Å². The minimum absolute atomic E-state index is 0.0283. The Balaban J connectivity index is 1.93. The van der Waals surface area contributed by atoms with Gasteiger partial charge in [-0.15, -0.1) is 0 Å². The maximum Gasteiger partial charge on any atom is 0.188 e. The zero-order chi connectivity index (χ0) is 23.1. The molecule has 0 fully saturated rings. The predicted octanol–water partition coefficient (Wildman–Crippen LogP) is 5.99. The fourth-order valence-electron chi connectivity index (χ4n) is 3.09. The molecule has 0 saturated carbocycles. The van der Waals surface area contributed by atoms with Gasteiger partial charge in [0, 0.05) is 28.8 Å². The van der Waals surface area contributed by atoms with Crippen molar-refractivity contribution >= 4 is 23.5 Å². The molecule has 0 unspecified atom stereocenters. The normalized spacial score (nSPS) is 11.2. The fraction of sp³-hybridized carbons (Fsp3) is 0.192. The lowest BCUT2D eigenvalue weighted by atomic mass is 10.0. The molecule has 0 aromatic heterocycles. The van der Waals surface area contributed by atoms with Crippen LogP contribution in [0.4, 0.5) is 4.39 Å². The molecule has 32 heavy (non-hydrogen) atoms. The van der Waals surface area contributed by atoms with Crippen LogP contribution in [-0.2, 0) is 0 Å². The van der Waals surface area contributed by atoms with Crippen molar-refractivity contribution in [1.29, 1.82) is 0 Å². The molecule has 0 spiro atoms. The highest BCUT2D eigenvalue weighted by atomic mass is 35.5. The van der Waals surface area contributed by atoms with Gasteiger partial charge in [0.2, 0.25) is 0 Å². The van der Waals surface area contributed by atoms with Gasteiger partial charge >= 0.3 is 0 Å². The van der Waals surface area contributed by atoms with Crippen molar-refractivity contribution in [2.75, 3.05) is 34.4 Å². The summed E-state index contributed by atoms with van der Waals surface area (Å²) in [6.45, 7) is 1.23. The van der Waals surface area contributed by atoms with E-state index in [2.05, 4.69) is 0 Å². The summed E-state index contributed by atoms with van der Waals surface area (Å²) in [6.07, 6.45) is 2.98. The largest absolute Gasteiger partial charge is 0.497 e. The topological polar surface area (TPSA) is 38.8 Å². The van der Waals surface area contributed by atoms with Crippen LogP contribution < -0.4 is 9.47 Å². The molecule has 0 atom stereocenters. The second-order valence-electron chi connectivity index (χ2n) is 7.43. The maximum atomic E-state index is 14.3. The molecule has 0 aliphatic heterocycles. The Morgan fingerprint density at radius 3 is 2.56 bits per heavy atom. The van der Waals surface area contributed by atoms with Crippen molar-refractivity contribution < 1.29 is 18.7 Å². The Kier molecular flexibility index (Phi) is 8.03. The molecule has 0 saturated heterocycles. The first-order valence-corrected chi connectivity index (χ1v) is 10.5. The number of ether oxygens (including phenoxy) is 2. The van der Waals surface area contributed by atoms with Crippen molar-refractivity contribution in [2.24, 2.45) is 0 Å². The van der Waals surface area contributed by atoms with E-state index in [1.165, 1.54) is 25.3 Å². The highest BCUT2D eigenvalue weighted by molar-refractivity contribution is 6.33. The number of ketones is 1. The van der Waals surface area contributed by atoms with Crippen LogP contribution in [0, 0.1) is 5.82 Å². The molecule has 0 heterocycles. The van der Waals surface area contributed by atoms with E-state index >= 15 is 0 Å². The average Bonchev–Trinajstić information content (AvgIpc) is 2.78. The molecule has 0 aliphatic carbocycles. The Morgan fingerprint density at radius 1 is 1.09 bits per heavy atom. The molecule has 0 aliphatic rings. The number of carbonyl (C=O) groups excluding carboxylic acids is 1. The highest BCUT2D eigenvalue weighted by Crippen LogP contribution is 2.32. The van der Waals surface area contributed by atoms with Gasteiger partial charge in [0.1, 0.15) is 23.9 Å². The van der Waals surface area contributed by atoms with Gasteiger partial charge in [0.15, 0.2) is 5.78 Å². The van der Waals surface area contributed by atoms with E-state index in [0.29, 0.717) is 28.7 Å². The highest BCUT2D eigenvalue weighted by Gasteiger charge is 2.12. The molecule has 4 nitrogen and oxygen atoms in total. The Bertz CT molecular complexity index is 1130. The Labute approximate surface area is 192 Å². The fourth-order valence-corrected chi connectivity index (χ4v) is 3.33. The molecule has 0 bridgehead atoms. The number of benzene rings is 3. The van der Waals surface area contributed by atoms with Gasteiger partial charge in [-0.25, -0.2) is 4.39 Å². The van der Waals surface area contributed by atoms with Crippen LogP contribution in [0.25, 0.3) is 17.2 Å². The van der Waals surface area contributed by atoms with E-state index in [1.807, 2.05) is 61.5 Å². The Morgan fingerprint density at radius 2 is 1.88 bits per heavy atom. The number of allylic oxidation sites excluding steroid dienone is 1. The van der Waals surface area contributed by atoms with Gasteiger partial charge in [-0.3, -0.25) is 4.79 Å². The SMILES string of the molecule is COc1ccc(C(=O)C=Cc2cc(-c3ccccc3Cl)ccc2OCCN(C)C)c(F)c1. The quantitative estimate of drug-likeness (QED) is 0.294. The van der Waals surface area contributed by atoms with E-state index in [4.69, 9.17) is 21.1 Å². The molecule has 3 rings (SSSR count). The van der Waals surface area contributed by atoms with Crippen molar-refractivity contribution in [3.8, 4) is 22.6 Å². The molecular weight excluding hydrogens is 429 g/mol. The summed E-state index contributed by atoms with van der Waals surface area (Å²) in [5.74, 6) is -0.104. The number of nitrogens with zero attached hydrogens (tertiary/aromatic N) is 1. The number of rotatable bonds is 9. The summed E-state index contributed by atoms with van der Waals surface area (Å²) in [5.41, 5.74) is 2.43. The van der Waals surface area contributed by atoms with Gasteiger partial charge in [-0.1, -0.05) is 35.9 Å². The standard InChI is InChI=1S/C26H25ClFNO3/c1-29(2)14-15-32-26-13-9-18(21-6-4-5-7-23(21)27)16-19(26)8-12-25(30)22-11-10-20(31-3)17-24(22)28/h4-13,16-17H,14-15H2,1-3H3. The lowest BCUT2D eigenvalue weighted by Crippen LogP contribution is -2.19. The summed E-state index contributed by atoms with van der Waals surface area (Å²) in [6, 6.07) is 17.4. The van der Waals surface area contributed by atoms with Gasteiger partial charge in [-0.2, -0.15) is 0 Å². The summed E-state index contributed by atoms with van der Waals surface area (Å²) in [5, 5.41) is 0.625. The summed E-state index contributed by atoms with van der Waals surface area (Å²) >= 11 is 6.36. The van der Waals surface area contributed by atoms with Gasteiger partial charge in [-0.05, 0) is 62.1 Å². The van der Waals surface area contributed by atoms with Crippen LogP contribution in [0.2, 0.25) is 5.02 Å². The molecular formula is C26H25ClFNO3. The number of likely N-dealkylation sites (N-methyl/N-ethyl adjacent to an activating group) is 1. The third-order valence-electron chi connectivity index (χ3n) is 4.85. The summed E-state index contributed by atoms with van der Waals surface area (Å²) < 4.78 is 25.2. The second kappa shape index (κ2) is 10.9. The predicted molar refractivity (Wildman–Crippen MR) is 127 cm³/mol. The molecule has 0 N–H and O–H groups in total. The number of hydrogen-bond donors (Lipinski definition) is 0. The zero-order valence-electron chi connectivity index (χ0n) is 18.3. The smallest absolute Gasteiger partial charge is 0.188 e. The average molecular weight is 454 g/mol. The molecule has 0 amide bonds. The first-order chi connectivity index (χ1) is 15.4. The molecule has 3 aromatic carbocycles. The van der Waals surface area contributed by atoms with E-state index in [1.54, 1.807) is 12.1 Å². The van der Waals surface area contributed by atoms with Crippen molar-refractivity contribution in [1.82, 2.24) is 4.90 Å². The molecule has 0 radical (unpaired) electrons. The monoisotopic (exact) mass is 453 g/mol. The summed E-state index contributed by atoms with van der Waals surface area (Å²) in [4.78, 5) is 14.6. The molecule has 6 heteroatoms. The minimum atomic E-state index is -0.633. The minimum Gasteiger partial charge on any atom is -0.497 e. The second-order valence-corrected chi connectivity index (χ2v) is 7.83. The van der Waals surface area contributed by atoms with Crippen molar-refractivity contribution in [3.63, 3.8) is 0 Å². The third kappa shape index (κ3) is 5.96. The lowest BCUT2D eigenvalue weighted by molar-refractivity contribution is 0.104. The van der Waals surface area contributed by atoms with Crippen molar-refractivity contribution in [2.45, 2.75) is 0 Å². The summed E-state index contributed by atoms with van der Waals surface area (Å²) in [7, 11) is 5.37. The number of carbonyl (C=O) groups is 1. The molecule has 166 valence electrons. The van der Waals surface area contributed by atoms with Gasteiger partial charge in [0.25, 0.3) is 0 Å². The lowest BCUT2D eigenvalue weighted by Gasteiger charge is -2.14. The number of hydrogen-bond acceptors (Lipinski definition) is 4. The zero-order valence-corrected chi connectivity index (χ0v) is 19.0. The first kappa shape index (κ1) is 23.5. The van der Waals surface area contributed by atoms with Gasteiger partial charge in [0.05, 0.1) is 12.7 Å². The van der Waals surface area contributed by atoms with E-state index in [0.717, 1.165) is 17.7 Å². The number of methoxy groups -OCH3 is 1. The van der Waals surface area contributed by atoms with Crippen LogP contribution in [0.3, 0.4) is 0 Å². The van der Waals surface area contributed by atoms with Crippen molar-refractivity contribution in [3.05, 3.63) is 88.7 Å². The van der Waals surface area contributed by atoms with Crippen LogP contribution in [-0.4, -0.2) is 45.0 Å². The maximum absolute atomic E-state index is 14.3. The van der Waals surface area contributed by atoms with E-state index < -0.39 is 11.6 Å².